The topological polar surface area (TPSA) is 57.2 Å². The van der Waals surface area contributed by atoms with Gasteiger partial charge in [-0.25, -0.2) is 4.79 Å². The predicted octanol–water partition coefficient (Wildman–Crippen LogP) is 2.53. The molecule has 0 saturated heterocycles. The van der Waals surface area contributed by atoms with Crippen molar-refractivity contribution in [1.29, 1.82) is 0 Å². The first-order valence-electron chi connectivity index (χ1n) is 5.75. The van der Waals surface area contributed by atoms with E-state index in [0.29, 0.717) is 17.9 Å². The first kappa shape index (κ1) is 12.7. The number of nitrogens with zero attached hydrogens (tertiary/aromatic N) is 1. The number of ether oxygens (including phenoxy) is 1. The summed E-state index contributed by atoms with van der Waals surface area (Å²) in [5, 5.41) is 0. The van der Waals surface area contributed by atoms with Crippen molar-refractivity contribution in [2.75, 3.05) is 12.8 Å². The Morgan fingerprint density at radius 2 is 2.17 bits per heavy atom. The second-order valence-corrected chi connectivity index (χ2v) is 5.25. The average molecular weight is 264 g/mol. The van der Waals surface area contributed by atoms with Crippen molar-refractivity contribution in [3.05, 3.63) is 39.8 Å². The molecule has 2 rings (SSSR count). The summed E-state index contributed by atoms with van der Waals surface area (Å²) in [5.41, 5.74) is 6.79. The summed E-state index contributed by atoms with van der Waals surface area (Å²) in [4.78, 5) is 14.1. The third-order valence-electron chi connectivity index (χ3n) is 2.70. The summed E-state index contributed by atoms with van der Waals surface area (Å²) in [5.74, 6) is -0.362. The molecule has 0 spiro atoms. The molecular weight excluding hydrogens is 248 g/mol. The molecule has 2 N–H and O–H groups in total. The van der Waals surface area contributed by atoms with E-state index >= 15 is 0 Å². The summed E-state index contributed by atoms with van der Waals surface area (Å²) in [6, 6.07) is 5.84. The second kappa shape index (κ2) is 5.27. The zero-order chi connectivity index (χ0) is 13.1. The number of hydrogen-bond donors (Lipinski definition) is 1. The van der Waals surface area contributed by atoms with E-state index in [4.69, 9.17) is 10.5 Å². The van der Waals surface area contributed by atoms with E-state index in [0.717, 1.165) is 6.42 Å². The average Bonchev–Trinajstić information content (AvgIpc) is 2.95. The molecule has 2 aromatic heterocycles. The van der Waals surface area contributed by atoms with Gasteiger partial charge in [-0.15, -0.1) is 11.3 Å². The van der Waals surface area contributed by atoms with Crippen LogP contribution in [-0.4, -0.2) is 17.6 Å². The molecular formula is C13H16N2O2S. The Labute approximate surface area is 110 Å². The van der Waals surface area contributed by atoms with Crippen LogP contribution in [0.1, 0.15) is 27.2 Å². The Balaban J connectivity index is 2.25. The largest absolute Gasteiger partial charge is 0.464 e. The van der Waals surface area contributed by atoms with Gasteiger partial charge >= 0.3 is 5.97 Å². The number of carbonyl (C=O) groups excluding carboxylic acids is 1. The lowest BCUT2D eigenvalue weighted by molar-refractivity contribution is 0.0589. The van der Waals surface area contributed by atoms with E-state index in [1.807, 2.05) is 4.57 Å². The summed E-state index contributed by atoms with van der Waals surface area (Å²) in [7, 11) is 1.37. The molecule has 0 saturated carbocycles. The molecule has 2 heterocycles. The summed E-state index contributed by atoms with van der Waals surface area (Å²) in [6.07, 6.45) is 2.79. The molecule has 0 atom stereocenters. The Morgan fingerprint density at radius 1 is 1.44 bits per heavy atom. The van der Waals surface area contributed by atoms with Crippen LogP contribution in [-0.2, 0) is 17.7 Å². The van der Waals surface area contributed by atoms with Gasteiger partial charge in [0.05, 0.1) is 19.3 Å². The van der Waals surface area contributed by atoms with E-state index in [1.54, 1.807) is 23.6 Å². The van der Waals surface area contributed by atoms with E-state index in [-0.39, 0.29) is 5.97 Å². The number of methoxy groups -OCH3 is 1. The normalized spacial score (nSPS) is 10.6. The van der Waals surface area contributed by atoms with Crippen molar-refractivity contribution in [3.63, 3.8) is 0 Å². The number of thiophene rings is 1. The minimum Gasteiger partial charge on any atom is -0.464 e. The molecule has 2 aromatic rings. The molecule has 0 fully saturated rings. The van der Waals surface area contributed by atoms with Crippen LogP contribution in [0.4, 0.5) is 5.69 Å². The van der Waals surface area contributed by atoms with Crippen molar-refractivity contribution in [2.24, 2.45) is 0 Å². The van der Waals surface area contributed by atoms with Crippen molar-refractivity contribution >= 4 is 23.0 Å². The smallest absolute Gasteiger partial charge is 0.354 e. The third-order valence-corrected chi connectivity index (χ3v) is 3.92. The van der Waals surface area contributed by atoms with Crippen LogP contribution >= 0.6 is 11.3 Å². The van der Waals surface area contributed by atoms with Gasteiger partial charge in [-0.1, -0.05) is 6.92 Å². The van der Waals surface area contributed by atoms with Gasteiger partial charge in [-0.05, 0) is 24.6 Å². The minimum atomic E-state index is -0.362. The second-order valence-electron chi connectivity index (χ2n) is 4.00. The van der Waals surface area contributed by atoms with E-state index in [1.165, 1.54) is 16.9 Å². The molecule has 0 unspecified atom stereocenters. The van der Waals surface area contributed by atoms with Crippen LogP contribution in [0.2, 0.25) is 0 Å². The van der Waals surface area contributed by atoms with Crippen molar-refractivity contribution in [1.82, 2.24) is 4.57 Å². The summed E-state index contributed by atoms with van der Waals surface area (Å²) in [6.45, 7) is 2.77. The number of nitrogens with two attached hydrogens (primary N) is 1. The Morgan fingerprint density at radius 3 is 2.78 bits per heavy atom. The van der Waals surface area contributed by atoms with Gasteiger partial charge in [0, 0.05) is 16.0 Å². The van der Waals surface area contributed by atoms with Crippen LogP contribution < -0.4 is 5.73 Å². The standard InChI is InChI=1S/C13H16N2O2S/c1-3-10-4-5-11(18-10)8-15-7-9(14)6-12(15)13(16)17-2/h4-7H,3,8,14H2,1-2H3. The molecule has 0 aliphatic rings. The number of aryl methyl sites for hydroxylation is 1. The first-order chi connectivity index (χ1) is 8.63. The highest BCUT2D eigenvalue weighted by Crippen LogP contribution is 2.20. The van der Waals surface area contributed by atoms with Crippen LogP contribution in [0.5, 0.6) is 0 Å². The molecule has 18 heavy (non-hydrogen) atoms. The monoisotopic (exact) mass is 264 g/mol. The number of hydrogen-bond acceptors (Lipinski definition) is 4. The molecule has 0 aliphatic carbocycles. The van der Waals surface area contributed by atoms with Gasteiger partial charge in [0.15, 0.2) is 0 Å². The minimum absolute atomic E-state index is 0.362. The number of anilines is 1. The van der Waals surface area contributed by atoms with Gasteiger partial charge < -0.3 is 15.0 Å². The zero-order valence-corrected chi connectivity index (χ0v) is 11.3. The van der Waals surface area contributed by atoms with Crippen molar-refractivity contribution in [3.8, 4) is 0 Å². The molecule has 0 aliphatic heterocycles. The number of rotatable bonds is 4. The zero-order valence-electron chi connectivity index (χ0n) is 10.5. The molecule has 5 heteroatoms. The molecule has 4 nitrogen and oxygen atoms in total. The SMILES string of the molecule is CCc1ccc(Cn2cc(N)cc2C(=O)OC)s1. The fraction of sp³-hybridized carbons (Fsp3) is 0.308. The lowest BCUT2D eigenvalue weighted by Gasteiger charge is -2.05. The molecule has 0 aromatic carbocycles. The molecule has 0 amide bonds. The maximum absolute atomic E-state index is 11.6. The highest BCUT2D eigenvalue weighted by Gasteiger charge is 2.13. The highest BCUT2D eigenvalue weighted by atomic mass is 32.1. The quantitative estimate of drug-likeness (QED) is 0.863. The maximum Gasteiger partial charge on any atom is 0.354 e. The number of esters is 1. The third kappa shape index (κ3) is 2.56. The van der Waals surface area contributed by atoms with Crippen LogP contribution in [0.25, 0.3) is 0 Å². The fourth-order valence-corrected chi connectivity index (χ4v) is 2.76. The van der Waals surface area contributed by atoms with Crippen LogP contribution in [0, 0.1) is 0 Å². The van der Waals surface area contributed by atoms with E-state index < -0.39 is 0 Å². The number of nitrogen functional groups attached to an aromatic ring is 1. The van der Waals surface area contributed by atoms with Crippen molar-refractivity contribution in [2.45, 2.75) is 19.9 Å². The number of aromatic nitrogens is 1. The Bertz CT molecular complexity index is 557. The molecule has 0 radical (unpaired) electrons. The van der Waals surface area contributed by atoms with Gasteiger partial charge in [-0.3, -0.25) is 0 Å². The summed E-state index contributed by atoms with van der Waals surface area (Å²) < 4.78 is 6.57. The van der Waals surface area contributed by atoms with Crippen LogP contribution in [0.3, 0.4) is 0 Å². The summed E-state index contributed by atoms with van der Waals surface area (Å²) >= 11 is 1.75. The number of carbonyl (C=O) groups is 1. The van der Waals surface area contributed by atoms with Crippen LogP contribution in [0.15, 0.2) is 24.4 Å². The lowest BCUT2D eigenvalue weighted by atomic mass is 10.3. The Kier molecular flexibility index (Phi) is 3.72. The molecule has 96 valence electrons. The highest BCUT2D eigenvalue weighted by molar-refractivity contribution is 7.11. The van der Waals surface area contributed by atoms with E-state index in [2.05, 4.69) is 19.1 Å². The molecule has 0 bridgehead atoms. The fourth-order valence-electron chi connectivity index (χ4n) is 1.80. The maximum atomic E-state index is 11.6. The van der Waals surface area contributed by atoms with Gasteiger partial charge in [0.1, 0.15) is 5.69 Å². The van der Waals surface area contributed by atoms with Crippen molar-refractivity contribution < 1.29 is 9.53 Å². The van der Waals surface area contributed by atoms with Gasteiger partial charge in [0.25, 0.3) is 0 Å². The van der Waals surface area contributed by atoms with Gasteiger partial charge in [-0.2, -0.15) is 0 Å². The Hall–Kier alpha value is -1.75. The lowest BCUT2D eigenvalue weighted by Crippen LogP contribution is -2.10. The van der Waals surface area contributed by atoms with Gasteiger partial charge in [0.2, 0.25) is 0 Å². The predicted molar refractivity (Wildman–Crippen MR) is 73.0 cm³/mol. The van der Waals surface area contributed by atoms with E-state index in [9.17, 15) is 4.79 Å². The first-order valence-corrected chi connectivity index (χ1v) is 6.57.